The third-order valence-corrected chi connectivity index (χ3v) is 3.50. The fourth-order valence-corrected chi connectivity index (χ4v) is 2.75. The molecule has 0 saturated carbocycles. The van der Waals surface area contributed by atoms with Crippen LogP contribution in [0, 0.1) is 13.8 Å². The van der Waals surface area contributed by atoms with E-state index in [1.807, 2.05) is 34.6 Å². The molecule has 0 aromatic carbocycles. The van der Waals surface area contributed by atoms with Crippen LogP contribution in [0.15, 0.2) is 15.3 Å². The van der Waals surface area contributed by atoms with Gasteiger partial charge >= 0.3 is 0 Å². The number of nitrogens with one attached hydrogen (secondary N) is 1. The zero-order chi connectivity index (χ0) is 14.4. The van der Waals surface area contributed by atoms with E-state index in [-0.39, 0.29) is 11.0 Å². The van der Waals surface area contributed by atoms with E-state index >= 15 is 0 Å². The van der Waals surface area contributed by atoms with Crippen molar-refractivity contribution in [3.05, 3.63) is 38.1 Å². The Morgan fingerprint density at radius 3 is 2.37 bits per heavy atom. The van der Waals surface area contributed by atoms with Gasteiger partial charge in [0.25, 0.3) is 5.56 Å². The lowest BCUT2D eigenvalue weighted by Gasteiger charge is -2.16. The molecule has 1 N–H and O–H groups in total. The molecule has 0 amide bonds. The van der Waals surface area contributed by atoms with Crippen molar-refractivity contribution in [3.63, 3.8) is 0 Å². The number of nitrogens with zero attached hydrogens (tertiary/aromatic N) is 3. The van der Waals surface area contributed by atoms with Crippen LogP contribution in [0.4, 0.5) is 0 Å². The monoisotopic (exact) mass is 324 g/mol. The van der Waals surface area contributed by atoms with Crippen molar-refractivity contribution in [2.75, 3.05) is 0 Å². The van der Waals surface area contributed by atoms with Crippen molar-refractivity contribution in [1.29, 1.82) is 0 Å². The first-order chi connectivity index (χ1) is 8.70. The number of hydrogen-bond acceptors (Lipinski definition) is 3. The van der Waals surface area contributed by atoms with Gasteiger partial charge in [-0.25, -0.2) is 14.6 Å². The molecule has 2 aromatic heterocycles. The Hall–Kier alpha value is -1.43. The number of H-pyrrole nitrogens is 1. The molecule has 0 aliphatic rings. The summed E-state index contributed by atoms with van der Waals surface area (Å²) in [5.74, 6) is 1.20. The van der Waals surface area contributed by atoms with Crippen LogP contribution in [0.2, 0.25) is 0 Å². The minimum atomic E-state index is -0.152. The first-order valence-electron chi connectivity index (χ1n) is 6.04. The summed E-state index contributed by atoms with van der Waals surface area (Å²) in [6.45, 7) is 9.83. The van der Waals surface area contributed by atoms with E-state index in [1.54, 1.807) is 6.07 Å². The van der Waals surface area contributed by atoms with Crippen molar-refractivity contribution in [1.82, 2.24) is 19.7 Å². The summed E-state index contributed by atoms with van der Waals surface area (Å²) in [4.78, 5) is 20.8. The molecule has 5 nitrogen and oxygen atoms in total. The van der Waals surface area contributed by atoms with Crippen LogP contribution >= 0.6 is 15.9 Å². The van der Waals surface area contributed by atoms with Crippen LogP contribution in [0.25, 0.3) is 5.82 Å². The summed E-state index contributed by atoms with van der Waals surface area (Å²) in [6, 6.07) is 1.78. The summed E-state index contributed by atoms with van der Waals surface area (Å²) in [5.41, 5.74) is 1.40. The number of aromatic nitrogens is 4. The maximum Gasteiger partial charge on any atom is 0.287 e. The van der Waals surface area contributed by atoms with Crippen LogP contribution in [0.3, 0.4) is 0 Å². The fraction of sp³-hybridized carbons (Fsp3) is 0.462. The molecular formula is C13H17BrN4O. The first-order valence-corrected chi connectivity index (χ1v) is 6.83. The van der Waals surface area contributed by atoms with E-state index in [9.17, 15) is 4.79 Å². The molecule has 0 spiro atoms. The lowest BCUT2D eigenvalue weighted by atomic mass is 9.93. The summed E-state index contributed by atoms with van der Waals surface area (Å²) in [7, 11) is 0. The van der Waals surface area contributed by atoms with Crippen molar-refractivity contribution in [2.45, 2.75) is 40.0 Å². The molecule has 0 atom stereocenters. The van der Waals surface area contributed by atoms with Gasteiger partial charge in [-0.15, -0.1) is 0 Å². The van der Waals surface area contributed by atoms with Gasteiger partial charge in [0.05, 0.1) is 5.69 Å². The molecule has 6 heteroatoms. The van der Waals surface area contributed by atoms with Crippen LogP contribution in [0.1, 0.15) is 38.0 Å². The van der Waals surface area contributed by atoms with Gasteiger partial charge in [-0.1, -0.05) is 20.8 Å². The Bertz CT molecular complexity index is 659. The molecule has 0 bridgehead atoms. The molecule has 0 aliphatic heterocycles. The molecule has 0 aliphatic carbocycles. The average Bonchev–Trinajstić information content (AvgIpc) is 2.54. The van der Waals surface area contributed by atoms with Crippen molar-refractivity contribution in [2.24, 2.45) is 0 Å². The van der Waals surface area contributed by atoms with Gasteiger partial charge < -0.3 is 0 Å². The van der Waals surface area contributed by atoms with E-state index in [2.05, 4.69) is 31.0 Å². The molecule has 0 unspecified atom stereocenters. The average molecular weight is 325 g/mol. The number of rotatable bonds is 1. The molecular weight excluding hydrogens is 308 g/mol. The van der Waals surface area contributed by atoms with Gasteiger partial charge in [0, 0.05) is 17.2 Å². The summed E-state index contributed by atoms with van der Waals surface area (Å²) in [5, 5.41) is 3.13. The van der Waals surface area contributed by atoms with Gasteiger partial charge in [0.15, 0.2) is 5.82 Å². The molecule has 2 heterocycles. The Kier molecular flexibility index (Phi) is 3.38. The second kappa shape index (κ2) is 4.59. The highest BCUT2D eigenvalue weighted by Gasteiger charge is 2.24. The van der Waals surface area contributed by atoms with Crippen LogP contribution in [-0.2, 0) is 5.41 Å². The van der Waals surface area contributed by atoms with E-state index in [1.165, 1.54) is 4.68 Å². The van der Waals surface area contributed by atoms with Crippen molar-refractivity contribution >= 4 is 15.9 Å². The summed E-state index contributed by atoms with van der Waals surface area (Å²) in [6.07, 6.45) is 0. The van der Waals surface area contributed by atoms with Gasteiger partial charge in [-0.3, -0.25) is 9.89 Å². The number of aromatic amines is 1. The highest BCUT2D eigenvalue weighted by atomic mass is 79.9. The van der Waals surface area contributed by atoms with Gasteiger partial charge in [-0.2, -0.15) is 0 Å². The minimum absolute atomic E-state index is 0.137. The van der Waals surface area contributed by atoms with E-state index < -0.39 is 0 Å². The summed E-state index contributed by atoms with van der Waals surface area (Å²) >= 11 is 3.36. The Morgan fingerprint density at radius 1 is 1.26 bits per heavy atom. The summed E-state index contributed by atoms with van der Waals surface area (Å²) < 4.78 is 2.00. The third-order valence-electron chi connectivity index (χ3n) is 2.77. The lowest BCUT2D eigenvalue weighted by molar-refractivity contribution is 0.556. The van der Waals surface area contributed by atoms with E-state index in [4.69, 9.17) is 0 Å². The maximum atomic E-state index is 12.3. The predicted molar refractivity (Wildman–Crippen MR) is 77.9 cm³/mol. The van der Waals surface area contributed by atoms with Gasteiger partial charge in [0.2, 0.25) is 0 Å². The minimum Gasteiger partial charge on any atom is -0.292 e. The Labute approximate surface area is 120 Å². The molecule has 2 aromatic rings. The smallest absolute Gasteiger partial charge is 0.287 e. The SMILES string of the molecule is Cc1cc(-n2[nH]c(C(C)(C)C)c(Br)c2=O)nc(C)n1. The second-order valence-corrected chi connectivity index (χ2v) is 6.40. The molecule has 0 radical (unpaired) electrons. The maximum absolute atomic E-state index is 12.3. The van der Waals surface area contributed by atoms with Crippen LogP contribution in [-0.4, -0.2) is 19.7 Å². The van der Waals surface area contributed by atoms with Gasteiger partial charge in [-0.05, 0) is 29.8 Å². The quantitative estimate of drug-likeness (QED) is 0.877. The van der Waals surface area contributed by atoms with Crippen LogP contribution < -0.4 is 5.56 Å². The second-order valence-electron chi connectivity index (χ2n) is 5.61. The zero-order valence-corrected chi connectivity index (χ0v) is 13.3. The predicted octanol–water partition coefficient (Wildman–Crippen LogP) is 2.63. The Balaban J connectivity index is 2.67. The Morgan fingerprint density at radius 2 is 1.89 bits per heavy atom. The first kappa shape index (κ1) is 14.0. The molecule has 0 saturated heterocycles. The molecule has 2 rings (SSSR count). The fourth-order valence-electron chi connectivity index (χ4n) is 1.89. The highest BCUT2D eigenvalue weighted by molar-refractivity contribution is 9.10. The van der Waals surface area contributed by atoms with E-state index in [0.29, 0.717) is 16.1 Å². The topological polar surface area (TPSA) is 63.6 Å². The molecule has 0 fully saturated rings. The number of halogens is 1. The normalized spacial score (nSPS) is 11.9. The van der Waals surface area contributed by atoms with Crippen molar-refractivity contribution < 1.29 is 0 Å². The van der Waals surface area contributed by atoms with Crippen molar-refractivity contribution in [3.8, 4) is 5.82 Å². The van der Waals surface area contributed by atoms with E-state index in [0.717, 1.165) is 11.4 Å². The van der Waals surface area contributed by atoms with Crippen LogP contribution in [0.5, 0.6) is 0 Å². The zero-order valence-electron chi connectivity index (χ0n) is 11.7. The lowest BCUT2D eigenvalue weighted by Crippen LogP contribution is -2.17. The number of aryl methyl sites for hydroxylation is 2. The third kappa shape index (κ3) is 2.63. The largest absolute Gasteiger partial charge is 0.292 e. The molecule has 19 heavy (non-hydrogen) atoms. The standard InChI is InChI=1S/C13H17BrN4O/c1-7-6-9(16-8(2)15-7)18-12(19)10(14)11(17-18)13(3,4)5/h6,17H,1-5H3. The molecule has 102 valence electrons. The number of hydrogen-bond donors (Lipinski definition) is 1. The van der Waals surface area contributed by atoms with Gasteiger partial charge in [0.1, 0.15) is 10.3 Å². The highest BCUT2D eigenvalue weighted by Crippen LogP contribution is 2.26.